The Bertz CT molecular complexity index is 628. The number of alkyl halides is 1. The fraction of sp³-hybridized carbons (Fsp3) is 0.200. The van der Waals surface area contributed by atoms with Gasteiger partial charge in [0.25, 0.3) is 0 Å². The molecular formula is C15H11Cl2FO. The second-order valence-electron chi connectivity index (χ2n) is 4.53. The molecule has 0 bridgehead atoms. The van der Waals surface area contributed by atoms with Gasteiger partial charge in [0.1, 0.15) is 5.82 Å². The van der Waals surface area contributed by atoms with Crippen LogP contribution in [0.25, 0.3) is 0 Å². The summed E-state index contributed by atoms with van der Waals surface area (Å²) in [5.41, 5.74) is 3.80. The third-order valence-corrected chi connectivity index (χ3v) is 4.18. The largest absolute Gasteiger partial charge is 0.372 e. The highest BCUT2D eigenvalue weighted by atomic mass is 35.5. The molecule has 1 heterocycles. The van der Waals surface area contributed by atoms with Crippen molar-refractivity contribution >= 4 is 23.2 Å². The molecule has 0 saturated heterocycles. The zero-order chi connectivity index (χ0) is 13.4. The van der Waals surface area contributed by atoms with E-state index in [-0.39, 0.29) is 5.02 Å². The molecule has 2 aromatic rings. The van der Waals surface area contributed by atoms with Crippen molar-refractivity contribution in [1.29, 1.82) is 0 Å². The third-order valence-electron chi connectivity index (χ3n) is 3.29. The van der Waals surface area contributed by atoms with Crippen molar-refractivity contribution in [3.8, 4) is 0 Å². The van der Waals surface area contributed by atoms with Gasteiger partial charge in [-0.05, 0) is 28.3 Å². The Morgan fingerprint density at radius 2 is 1.89 bits per heavy atom. The Morgan fingerprint density at radius 1 is 1.11 bits per heavy atom. The van der Waals surface area contributed by atoms with Crippen molar-refractivity contribution in [2.45, 2.75) is 18.6 Å². The summed E-state index contributed by atoms with van der Waals surface area (Å²) in [4.78, 5) is 0. The number of rotatable bonds is 2. The second kappa shape index (κ2) is 5.12. The van der Waals surface area contributed by atoms with Gasteiger partial charge in [-0.3, -0.25) is 0 Å². The first kappa shape index (κ1) is 12.9. The summed E-state index contributed by atoms with van der Waals surface area (Å²) < 4.78 is 18.8. The molecule has 0 aliphatic carbocycles. The van der Waals surface area contributed by atoms with Crippen molar-refractivity contribution < 1.29 is 9.13 Å². The molecule has 1 unspecified atom stereocenters. The van der Waals surface area contributed by atoms with Gasteiger partial charge < -0.3 is 4.74 Å². The fourth-order valence-electron chi connectivity index (χ4n) is 2.25. The molecule has 0 fully saturated rings. The van der Waals surface area contributed by atoms with E-state index in [4.69, 9.17) is 27.9 Å². The van der Waals surface area contributed by atoms with E-state index in [9.17, 15) is 4.39 Å². The van der Waals surface area contributed by atoms with Crippen molar-refractivity contribution in [1.82, 2.24) is 0 Å². The normalized spacial score (nSPS) is 15.3. The lowest BCUT2D eigenvalue weighted by Gasteiger charge is -2.13. The van der Waals surface area contributed by atoms with E-state index in [1.165, 1.54) is 11.6 Å². The van der Waals surface area contributed by atoms with Crippen LogP contribution in [-0.2, 0) is 18.0 Å². The van der Waals surface area contributed by atoms with Crippen LogP contribution in [0.3, 0.4) is 0 Å². The molecule has 0 radical (unpaired) electrons. The van der Waals surface area contributed by atoms with E-state index in [2.05, 4.69) is 0 Å². The minimum Gasteiger partial charge on any atom is -0.372 e. The van der Waals surface area contributed by atoms with E-state index in [1.807, 2.05) is 18.2 Å². The van der Waals surface area contributed by atoms with Gasteiger partial charge in [0.05, 0.1) is 23.6 Å². The number of benzene rings is 2. The van der Waals surface area contributed by atoms with E-state index >= 15 is 0 Å². The van der Waals surface area contributed by atoms with Crippen LogP contribution >= 0.6 is 23.2 Å². The van der Waals surface area contributed by atoms with E-state index < -0.39 is 11.2 Å². The first-order chi connectivity index (χ1) is 9.16. The smallest absolute Gasteiger partial charge is 0.142 e. The van der Waals surface area contributed by atoms with Crippen LogP contribution in [0.1, 0.15) is 27.6 Å². The summed E-state index contributed by atoms with van der Waals surface area (Å²) >= 11 is 12.4. The molecule has 1 atom stereocenters. The molecular weight excluding hydrogens is 286 g/mol. The van der Waals surface area contributed by atoms with Crippen LogP contribution in [0.4, 0.5) is 4.39 Å². The fourth-order valence-corrected chi connectivity index (χ4v) is 2.85. The quantitative estimate of drug-likeness (QED) is 0.721. The van der Waals surface area contributed by atoms with Gasteiger partial charge in [-0.1, -0.05) is 41.9 Å². The Labute approximate surface area is 120 Å². The second-order valence-corrected chi connectivity index (χ2v) is 5.34. The monoisotopic (exact) mass is 296 g/mol. The maximum absolute atomic E-state index is 13.5. The standard InChI is InChI=1S/C15H11Cl2FO/c16-14(12-2-1-3-13(18)15(12)17)9-4-5-10-7-19-8-11(10)6-9/h1-6,14H,7-8H2. The summed E-state index contributed by atoms with van der Waals surface area (Å²) in [5.74, 6) is -0.450. The number of hydrogen-bond donors (Lipinski definition) is 0. The predicted octanol–water partition coefficient (Wildman–Crippen LogP) is 4.84. The highest BCUT2D eigenvalue weighted by Crippen LogP contribution is 2.36. The van der Waals surface area contributed by atoms with Gasteiger partial charge in [0.15, 0.2) is 0 Å². The lowest BCUT2D eigenvalue weighted by molar-refractivity contribution is 0.134. The zero-order valence-electron chi connectivity index (χ0n) is 10.00. The molecule has 0 spiro atoms. The molecule has 0 saturated carbocycles. The number of fused-ring (bicyclic) bond motifs is 1. The molecule has 0 aromatic heterocycles. The molecule has 1 aliphatic heterocycles. The van der Waals surface area contributed by atoms with Gasteiger partial charge in [-0.15, -0.1) is 11.6 Å². The molecule has 19 heavy (non-hydrogen) atoms. The van der Waals surface area contributed by atoms with Crippen LogP contribution < -0.4 is 0 Å². The molecule has 0 amide bonds. The van der Waals surface area contributed by atoms with Crippen molar-refractivity contribution in [3.05, 3.63) is 69.5 Å². The maximum Gasteiger partial charge on any atom is 0.142 e. The van der Waals surface area contributed by atoms with E-state index in [1.54, 1.807) is 12.1 Å². The summed E-state index contributed by atoms with van der Waals surface area (Å²) in [6, 6.07) is 10.6. The Kier molecular flexibility index (Phi) is 3.48. The highest BCUT2D eigenvalue weighted by Gasteiger charge is 2.19. The van der Waals surface area contributed by atoms with Crippen LogP contribution in [0.15, 0.2) is 36.4 Å². The molecule has 1 aliphatic rings. The van der Waals surface area contributed by atoms with E-state index in [0.29, 0.717) is 18.8 Å². The molecule has 0 N–H and O–H groups in total. The van der Waals surface area contributed by atoms with Crippen LogP contribution in [0.5, 0.6) is 0 Å². The summed E-state index contributed by atoms with van der Waals surface area (Å²) in [5, 5.41) is -0.381. The first-order valence-electron chi connectivity index (χ1n) is 5.94. The van der Waals surface area contributed by atoms with Gasteiger partial charge in [-0.2, -0.15) is 0 Å². The topological polar surface area (TPSA) is 9.23 Å². The maximum atomic E-state index is 13.5. The average Bonchev–Trinajstić information content (AvgIpc) is 2.88. The average molecular weight is 297 g/mol. The van der Waals surface area contributed by atoms with Crippen LogP contribution in [0.2, 0.25) is 5.02 Å². The van der Waals surface area contributed by atoms with Crippen LogP contribution in [-0.4, -0.2) is 0 Å². The Balaban J connectivity index is 2.00. The minimum absolute atomic E-state index is 0.0826. The molecule has 1 nitrogen and oxygen atoms in total. The predicted molar refractivity (Wildman–Crippen MR) is 74.0 cm³/mol. The summed E-state index contributed by atoms with van der Waals surface area (Å²) in [6.45, 7) is 1.24. The van der Waals surface area contributed by atoms with Gasteiger partial charge in [0, 0.05) is 0 Å². The number of ether oxygens (including phenoxy) is 1. The van der Waals surface area contributed by atoms with Crippen LogP contribution in [0, 0.1) is 5.82 Å². The van der Waals surface area contributed by atoms with Gasteiger partial charge in [-0.25, -0.2) is 4.39 Å². The molecule has 2 aromatic carbocycles. The first-order valence-corrected chi connectivity index (χ1v) is 6.75. The van der Waals surface area contributed by atoms with Crippen molar-refractivity contribution in [2.75, 3.05) is 0 Å². The summed E-state index contributed by atoms with van der Waals surface area (Å²) in [7, 11) is 0. The molecule has 98 valence electrons. The van der Waals surface area contributed by atoms with Crippen molar-refractivity contribution in [2.24, 2.45) is 0 Å². The van der Waals surface area contributed by atoms with E-state index in [0.717, 1.165) is 11.1 Å². The number of halogens is 3. The zero-order valence-corrected chi connectivity index (χ0v) is 11.5. The summed E-state index contributed by atoms with van der Waals surface area (Å²) in [6.07, 6.45) is 0. The number of hydrogen-bond acceptors (Lipinski definition) is 1. The lowest BCUT2D eigenvalue weighted by atomic mass is 10.00. The van der Waals surface area contributed by atoms with Crippen molar-refractivity contribution in [3.63, 3.8) is 0 Å². The highest BCUT2D eigenvalue weighted by molar-refractivity contribution is 6.33. The minimum atomic E-state index is -0.464. The Hall–Kier alpha value is -1.09. The molecule has 4 heteroatoms. The van der Waals surface area contributed by atoms with Gasteiger partial charge >= 0.3 is 0 Å². The third kappa shape index (κ3) is 2.36. The molecule has 3 rings (SSSR count). The lowest BCUT2D eigenvalue weighted by Crippen LogP contribution is -1.97. The Morgan fingerprint density at radius 3 is 2.74 bits per heavy atom. The van der Waals surface area contributed by atoms with Gasteiger partial charge in [0.2, 0.25) is 0 Å². The SMILES string of the molecule is Fc1cccc(C(Cl)c2ccc3c(c2)COC3)c1Cl.